The Morgan fingerprint density at radius 2 is 1.48 bits per heavy atom. The number of rotatable bonds is 14. The molecule has 21 heavy (non-hydrogen) atoms. The van der Waals surface area contributed by atoms with Crippen molar-refractivity contribution in [3.05, 3.63) is 0 Å². The average molecular weight is 334 g/mol. The van der Waals surface area contributed by atoms with Crippen LogP contribution in [0.1, 0.15) is 58.3 Å². The predicted molar refractivity (Wildman–Crippen MR) is 77.4 cm³/mol. The largest absolute Gasteiger partial charge is 0.416 e. The lowest BCUT2D eigenvalue weighted by Gasteiger charge is -2.15. The van der Waals surface area contributed by atoms with Gasteiger partial charge in [0.1, 0.15) is 0 Å². The van der Waals surface area contributed by atoms with Crippen molar-refractivity contribution in [3.8, 4) is 0 Å². The predicted octanol–water partition coefficient (Wildman–Crippen LogP) is 4.75. The number of unbranched alkanes of at least 4 members (excludes halogenated alkanes) is 6. The minimum atomic E-state index is -4.40. The van der Waals surface area contributed by atoms with Crippen molar-refractivity contribution in [1.82, 2.24) is 0 Å². The first-order valence-electron chi connectivity index (χ1n) is 7.55. The minimum absolute atomic E-state index is 0.103. The van der Waals surface area contributed by atoms with E-state index >= 15 is 0 Å². The van der Waals surface area contributed by atoms with Gasteiger partial charge < -0.3 is 4.74 Å². The number of halogens is 4. The number of ether oxygens (including phenoxy) is 1. The van der Waals surface area contributed by atoms with Crippen LogP contribution in [0, 0.1) is 0 Å². The van der Waals surface area contributed by atoms with Gasteiger partial charge in [-0.05, 0) is 12.8 Å². The molecule has 0 aromatic heterocycles. The molecule has 0 bridgehead atoms. The van der Waals surface area contributed by atoms with Gasteiger partial charge in [-0.15, -0.1) is 0 Å². The van der Waals surface area contributed by atoms with Crippen molar-refractivity contribution in [2.45, 2.75) is 70.8 Å². The van der Waals surface area contributed by atoms with Crippen molar-refractivity contribution in [1.29, 1.82) is 0 Å². The fourth-order valence-corrected chi connectivity index (χ4v) is 2.98. The monoisotopic (exact) mass is 334 g/mol. The highest BCUT2D eigenvalue weighted by Gasteiger charge is 2.41. The Morgan fingerprint density at radius 1 is 0.952 bits per heavy atom. The van der Waals surface area contributed by atoms with E-state index in [9.17, 15) is 21.8 Å². The summed E-state index contributed by atoms with van der Waals surface area (Å²) in [6.07, 6.45) is -0.247. The van der Waals surface area contributed by atoms with E-state index in [1.54, 1.807) is 0 Å². The summed E-state index contributed by atoms with van der Waals surface area (Å²) in [5.41, 5.74) is 0. The van der Waals surface area contributed by atoms with Crippen LogP contribution in [-0.4, -0.2) is 34.9 Å². The molecule has 0 radical (unpaired) electrons. The maximum atomic E-state index is 12.4. The Balaban J connectivity index is 3.43. The Hall–Kier alpha value is -0.170. The van der Waals surface area contributed by atoms with Gasteiger partial charge in [0.2, 0.25) is 0 Å². The average Bonchev–Trinajstić information content (AvgIpc) is 2.42. The zero-order chi connectivity index (χ0) is 16.1. The molecule has 1 unspecified atom stereocenters. The third-order valence-electron chi connectivity index (χ3n) is 3.04. The van der Waals surface area contributed by atoms with E-state index < -0.39 is 29.9 Å². The second-order valence-electron chi connectivity index (χ2n) is 5.03. The van der Waals surface area contributed by atoms with Gasteiger partial charge in [0.15, 0.2) is 0 Å². The molecule has 0 heterocycles. The van der Waals surface area contributed by atoms with E-state index in [2.05, 4.69) is 11.7 Å². The number of hydrogen-bond donors (Lipinski definition) is 0. The van der Waals surface area contributed by atoms with Crippen molar-refractivity contribution in [2.24, 2.45) is 0 Å². The lowest BCUT2D eigenvalue weighted by molar-refractivity contribution is -0.300. The molecule has 0 spiro atoms. The van der Waals surface area contributed by atoms with Crippen molar-refractivity contribution >= 4 is 10.8 Å². The summed E-state index contributed by atoms with van der Waals surface area (Å²) in [6, 6.07) is 0. The molecule has 2 nitrogen and oxygen atoms in total. The Labute approximate surface area is 127 Å². The first-order valence-corrected chi connectivity index (χ1v) is 9.04. The highest BCUT2D eigenvalue weighted by Crippen LogP contribution is 2.24. The van der Waals surface area contributed by atoms with E-state index in [0.29, 0.717) is 5.75 Å². The quantitative estimate of drug-likeness (QED) is 0.338. The summed E-state index contributed by atoms with van der Waals surface area (Å²) in [4.78, 5) is 0. The molecule has 0 aliphatic carbocycles. The third-order valence-corrected chi connectivity index (χ3v) is 4.53. The topological polar surface area (TPSA) is 26.3 Å². The zero-order valence-electron chi connectivity index (χ0n) is 12.6. The summed E-state index contributed by atoms with van der Waals surface area (Å²) < 4.78 is 63.7. The molecule has 0 fully saturated rings. The van der Waals surface area contributed by atoms with Crippen LogP contribution in [0.25, 0.3) is 0 Å². The van der Waals surface area contributed by atoms with Crippen molar-refractivity contribution in [2.75, 3.05) is 18.1 Å². The summed E-state index contributed by atoms with van der Waals surface area (Å²) in [6.45, 7) is 1.66. The smallest absolute Gasteiger partial charge is 0.316 e. The van der Waals surface area contributed by atoms with Gasteiger partial charge in [-0.25, -0.2) is 8.78 Å². The second-order valence-corrected chi connectivity index (χ2v) is 6.73. The Kier molecular flexibility index (Phi) is 12.3. The van der Waals surface area contributed by atoms with E-state index in [1.807, 2.05) is 0 Å². The maximum absolute atomic E-state index is 12.4. The fraction of sp³-hybridized carbons (Fsp3) is 1.00. The number of alkyl halides is 4. The van der Waals surface area contributed by atoms with Crippen LogP contribution in [0.3, 0.4) is 0 Å². The highest BCUT2D eigenvalue weighted by atomic mass is 32.2. The molecule has 0 N–H and O–H groups in total. The molecule has 0 amide bonds. The highest BCUT2D eigenvalue weighted by molar-refractivity contribution is 7.84. The molecule has 7 heteroatoms. The van der Waals surface area contributed by atoms with Crippen molar-refractivity contribution in [3.63, 3.8) is 0 Å². The van der Waals surface area contributed by atoms with Crippen molar-refractivity contribution < 1.29 is 26.5 Å². The van der Waals surface area contributed by atoms with Gasteiger partial charge in [0.25, 0.3) is 0 Å². The van der Waals surface area contributed by atoms with Gasteiger partial charge >= 0.3 is 12.5 Å². The molecule has 0 aromatic rings. The maximum Gasteiger partial charge on any atom is 0.416 e. The lowest BCUT2D eigenvalue weighted by atomic mass is 10.1. The molecule has 0 saturated heterocycles. The summed E-state index contributed by atoms with van der Waals surface area (Å²) in [5.74, 6) is 0.758. The summed E-state index contributed by atoms with van der Waals surface area (Å²) in [7, 11) is -1.08. The van der Waals surface area contributed by atoms with Crippen LogP contribution in [0.4, 0.5) is 17.6 Å². The normalized spacial score (nSPS) is 13.8. The molecule has 0 rings (SSSR count). The number of hydrogen-bond acceptors (Lipinski definition) is 2. The van der Waals surface area contributed by atoms with E-state index in [1.165, 1.54) is 25.7 Å². The Bertz CT molecular complexity index is 276. The van der Waals surface area contributed by atoms with Gasteiger partial charge in [0, 0.05) is 22.3 Å². The zero-order valence-corrected chi connectivity index (χ0v) is 13.4. The molecule has 0 aliphatic heterocycles. The van der Waals surface area contributed by atoms with Gasteiger partial charge in [-0.1, -0.05) is 45.4 Å². The molecule has 0 saturated carbocycles. The first-order chi connectivity index (χ1) is 9.90. The molecule has 0 aromatic carbocycles. The van der Waals surface area contributed by atoms with Crippen LogP contribution in [-0.2, 0) is 15.5 Å². The van der Waals surface area contributed by atoms with Crippen LogP contribution in [0.5, 0.6) is 0 Å². The summed E-state index contributed by atoms with van der Waals surface area (Å²) >= 11 is 0. The Morgan fingerprint density at radius 3 is 2.05 bits per heavy atom. The molecular weight excluding hydrogens is 308 g/mol. The third kappa shape index (κ3) is 12.1. The standard InChI is InChI=1S/C14H26F4O2S/c1-2-3-4-5-6-7-8-11-21(19)12-9-10-20-14(17,18)13(15)16/h13H,2-12H2,1H3. The molecule has 1 atom stereocenters. The molecular formula is C14H26F4O2S. The van der Waals surface area contributed by atoms with Gasteiger partial charge in [-0.2, -0.15) is 8.78 Å². The van der Waals surface area contributed by atoms with Gasteiger partial charge in [0.05, 0.1) is 6.61 Å². The SMILES string of the molecule is CCCCCCCCCS(=O)CCCOC(F)(F)C(F)F. The summed E-state index contributed by atoms with van der Waals surface area (Å²) in [5, 5.41) is 0. The van der Waals surface area contributed by atoms with Crippen LogP contribution >= 0.6 is 0 Å². The van der Waals surface area contributed by atoms with E-state index in [0.717, 1.165) is 19.3 Å². The minimum Gasteiger partial charge on any atom is -0.316 e. The second kappa shape index (κ2) is 12.4. The fourth-order valence-electron chi connectivity index (χ4n) is 1.81. The first kappa shape index (κ1) is 20.8. The van der Waals surface area contributed by atoms with E-state index in [-0.39, 0.29) is 12.2 Å². The van der Waals surface area contributed by atoms with Crippen LogP contribution in [0.2, 0.25) is 0 Å². The molecule has 128 valence electrons. The molecule has 0 aliphatic rings. The van der Waals surface area contributed by atoms with Crippen LogP contribution in [0.15, 0.2) is 0 Å². The lowest BCUT2D eigenvalue weighted by Crippen LogP contribution is -2.30. The van der Waals surface area contributed by atoms with E-state index in [4.69, 9.17) is 0 Å². The van der Waals surface area contributed by atoms with Crippen LogP contribution < -0.4 is 0 Å². The van der Waals surface area contributed by atoms with Gasteiger partial charge in [-0.3, -0.25) is 4.21 Å².